The number of hydrogen-bond acceptors (Lipinski definition) is 0. The van der Waals surface area contributed by atoms with Crippen molar-refractivity contribution in [3.05, 3.63) is 24.3 Å². The van der Waals surface area contributed by atoms with E-state index >= 15 is 0 Å². The van der Waals surface area contributed by atoms with Crippen LogP contribution in [0, 0.1) is 0 Å². The zero-order valence-electron chi connectivity index (χ0n) is 24.0. The van der Waals surface area contributed by atoms with Crippen LogP contribution < -0.4 is 7.16 Å². The average molecular weight is 680 g/mol. The van der Waals surface area contributed by atoms with Crippen molar-refractivity contribution in [1.82, 2.24) is 0 Å². The number of benzene rings is 1. The van der Waals surface area contributed by atoms with E-state index in [9.17, 15) is 0 Å². The summed E-state index contributed by atoms with van der Waals surface area (Å²) in [7, 11) is 0. The van der Waals surface area contributed by atoms with Gasteiger partial charge in [0.2, 0.25) is 0 Å². The van der Waals surface area contributed by atoms with Gasteiger partial charge in [0.25, 0.3) is 0 Å². The molecular weight excluding hydrogens is 622 g/mol. The Morgan fingerprint density at radius 2 is 0.618 bits per heavy atom. The maximum absolute atomic E-state index is 2.63. The maximum atomic E-state index is 2.63. The van der Waals surface area contributed by atoms with E-state index < -0.39 is 42.3 Å². The van der Waals surface area contributed by atoms with Gasteiger partial charge in [0, 0.05) is 0 Å². The summed E-state index contributed by atoms with van der Waals surface area (Å²) in [5, 5.41) is 0. The van der Waals surface area contributed by atoms with Gasteiger partial charge in [-0.15, -0.1) is 0 Å². The van der Waals surface area contributed by atoms with E-state index in [2.05, 4.69) is 65.8 Å². The van der Waals surface area contributed by atoms with E-state index in [1.807, 2.05) is 0 Å². The summed E-state index contributed by atoms with van der Waals surface area (Å²) >= 11 is -1.18. The molecule has 0 atom stereocenters. The molecule has 0 saturated carbocycles. The quantitative estimate of drug-likeness (QED) is 0.107. The molecule has 0 aromatic heterocycles. The van der Waals surface area contributed by atoms with Crippen LogP contribution in [0.4, 0.5) is 0 Å². The summed E-state index contributed by atoms with van der Waals surface area (Å²) in [5.41, 5.74) is 0. The van der Waals surface area contributed by atoms with Gasteiger partial charge in [0.05, 0.1) is 0 Å². The first kappa shape index (κ1) is 32.8. The molecule has 1 aromatic carbocycles. The van der Waals surface area contributed by atoms with Crippen molar-refractivity contribution in [3.8, 4) is 0 Å². The molecule has 0 bridgehead atoms. The first-order chi connectivity index (χ1) is 16.5. The SMILES string of the molecule is CCCC[C](CCCC)(CCCC)[Sn][c]1cc[c]([Sn][C](CCCC)(CCCC)CCCC)cc1. The normalized spacial score (nSPS) is 12.4. The topological polar surface area (TPSA) is 0 Å². The Morgan fingerprint density at radius 3 is 0.794 bits per heavy atom. The van der Waals surface area contributed by atoms with Gasteiger partial charge in [0.15, 0.2) is 0 Å². The van der Waals surface area contributed by atoms with Gasteiger partial charge < -0.3 is 0 Å². The average Bonchev–Trinajstić information content (AvgIpc) is 2.86. The summed E-state index contributed by atoms with van der Waals surface area (Å²) in [5.74, 6) is 0. The first-order valence-electron chi connectivity index (χ1n) is 15.2. The third-order valence-electron chi connectivity index (χ3n) is 7.76. The molecule has 0 unspecified atom stereocenters. The predicted molar refractivity (Wildman–Crippen MR) is 160 cm³/mol. The van der Waals surface area contributed by atoms with Gasteiger partial charge in [-0.3, -0.25) is 0 Å². The fourth-order valence-corrected chi connectivity index (χ4v) is 16.0. The molecule has 2 heteroatoms. The van der Waals surface area contributed by atoms with Crippen molar-refractivity contribution in [2.24, 2.45) is 0 Å². The van der Waals surface area contributed by atoms with Crippen LogP contribution in [0.15, 0.2) is 24.3 Å². The standard InChI is InChI=1S/2C13H27.C6H4.2Sn/c2*1-4-7-10-13(11-8-5-2)12-9-6-3;1-2-4-6-5-3-1;;/h2*4-12H2,1-3H3;1-2,5-6H;;. The molecular formula is C32H58Sn2. The molecule has 0 aliphatic heterocycles. The molecule has 1 rings (SSSR count). The molecule has 1 aromatic rings. The third kappa shape index (κ3) is 12.9. The van der Waals surface area contributed by atoms with Crippen LogP contribution in [0.2, 0.25) is 6.86 Å². The van der Waals surface area contributed by atoms with Crippen molar-refractivity contribution in [2.75, 3.05) is 0 Å². The van der Waals surface area contributed by atoms with E-state index in [4.69, 9.17) is 0 Å². The van der Waals surface area contributed by atoms with Crippen LogP contribution in [0.25, 0.3) is 0 Å². The second-order valence-corrected chi connectivity index (χ2v) is 21.8. The molecule has 0 fully saturated rings. The minimum absolute atomic E-state index is 0.592. The summed E-state index contributed by atoms with van der Waals surface area (Å²) in [6.45, 7) is 14.3. The third-order valence-corrected chi connectivity index (χ3v) is 18.6. The summed E-state index contributed by atoms with van der Waals surface area (Å²) < 4.78 is 4.99. The molecule has 4 radical (unpaired) electrons. The molecule has 0 amide bonds. The van der Waals surface area contributed by atoms with Crippen LogP contribution in [0.3, 0.4) is 0 Å². The van der Waals surface area contributed by atoms with Crippen molar-refractivity contribution in [2.45, 2.75) is 164 Å². The summed E-state index contributed by atoms with van der Waals surface area (Å²) in [6.07, 6.45) is 25.8. The minimum atomic E-state index is -0.592. The zero-order valence-corrected chi connectivity index (χ0v) is 29.7. The number of rotatable bonds is 22. The van der Waals surface area contributed by atoms with Crippen molar-refractivity contribution >= 4 is 49.4 Å². The van der Waals surface area contributed by atoms with Crippen LogP contribution >= 0.6 is 0 Å². The first-order valence-corrected chi connectivity index (χ1v) is 20.9. The molecule has 0 aliphatic carbocycles. The predicted octanol–water partition coefficient (Wildman–Crippen LogP) is 9.80. The Labute approximate surface area is 236 Å². The van der Waals surface area contributed by atoms with Crippen molar-refractivity contribution < 1.29 is 0 Å². The second-order valence-electron chi connectivity index (χ2n) is 11.0. The fourth-order valence-electron chi connectivity index (χ4n) is 5.47. The Bertz CT molecular complexity index is 495. The van der Waals surface area contributed by atoms with Crippen LogP contribution in [-0.2, 0) is 0 Å². The van der Waals surface area contributed by atoms with Gasteiger partial charge in [-0.25, -0.2) is 0 Å². The van der Waals surface area contributed by atoms with E-state index in [1.165, 1.54) is 116 Å². The van der Waals surface area contributed by atoms with E-state index in [0.717, 1.165) is 0 Å². The van der Waals surface area contributed by atoms with Crippen LogP contribution in [0.1, 0.15) is 157 Å². The van der Waals surface area contributed by atoms with Crippen LogP contribution in [0.5, 0.6) is 0 Å². The molecule has 0 heterocycles. The van der Waals surface area contributed by atoms with E-state index in [1.54, 1.807) is 7.16 Å². The van der Waals surface area contributed by atoms with Gasteiger partial charge in [-0.1, -0.05) is 0 Å². The van der Waals surface area contributed by atoms with Gasteiger partial charge >= 0.3 is 238 Å². The number of hydrogen-bond donors (Lipinski definition) is 0. The van der Waals surface area contributed by atoms with Crippen molar-refractivity contribution in [1.29, 1.82) is 0 Å². The fraction of sp³-hybridized carbons (Fsp3) is 0.812. The van der Waals surface area contributed by atoms with E-state index in [-0.39, 0.29) is 0 Å². The number of unbranched alkanes of at least 4 members (excludes halogenated alkanes) is 6. The van der Waals surface area contributed by atoms with Gasteiger partial charge in [-0.05, 0) is 0 Å². The zero-order chi connectivity index (χ0) is 25.1. The van der Waals surface area contributed by atoms with Gasteiger partial charge in [-0.2, -0.15) is 0 Å². The monoisotopic (exact) mass is 682 g/mol. The molecule has 0 N–H and O–H groups in total. The molecule has 0 aliphatic rings. The molecule has 0 nitrogen and oxygen atoms in total. The Morgan fingerprint density at radius 1 is 0.412 bits per heavy atom. The molecule has 34 heavy (non-hydrogen) atoms. The van der Waals surface area contributed by atoms with Crippen molar-refractivity contribution in [3.63, 3.8) is 0 Å². The van der Waals surface area contributed by atoms with Crippen LogP contribution in [-0.4, -0.2) is 42.3 Å². The second kappa shape index (κ2) is 19.9. The van der Waals surface area contributed by atoms with Gasteiger partial charge in [0.1, 0.15) is 0 Å². The summed E-state index contributed by atoms with van der Waals surface area (Å²) in [6, 6.07) is 10.5. The molecule has 194 valence electrons. The Balaban J connectivity index is 3.05. The summed E-state index contributed by atoms with van der Waals surface area (Å²) in [4.78, 5) is 0. The Hall–Kier alpha value is 0.817. The molecule has 0 saturated heterocycles. The Kier molecular flexibility index (Phi) is 19.2. The molecule has 0 spiro atoms. The van der Waals surface area contributed by atoms with E-state index in [0.29, 0.717) is 6.86 Å².